The van der Waals surface area contributed by atoms with E-state index in [4.69, 9.17) is 4.74 Å². The van der Waals surface area contributed by atoms with Gasteiger partial charge in [-0.25, -0.2) is 4.79 Å². The standard InChI is InChI=1S/C24H32O4/c1-2-15-7-9-16(10-8-15)22(25)14-28-24(27)17-11-12-20-21(13-17)18-5-3-4-6-19(18)23(20)26/h3,5,13,15-16,18-21H,2,4,6-12,14H2,1H3. The highest BCUT2D eigenvalue weighted by Gasteiger charge is 2.49. The maximum Gasteiger partial charge on any atom is 0.334 e. The van der Waals surface area contributed by atoms with Crippen molar-refractivity contribution in [3.63, 3.8) is 0 Å². The molecule has 4 heteroatoms. The van der Waals surface area contributed by atoms with Gasteiger partial charge in [0.2, 0.25) is 0 Å². The van der Waals surface area contributed by atoms with Crippen LogP contribution in [0.5, 0.6) is 0 Å². The highest BCUT2D eigenvalue weighted by Crippen LogP contribution is 2.49. The number of hydrogen-bond acceptors (Lipinski definition) is 4. The summed E-state index contributed by atoms with van der Waals surface area (Å²) in [5, 5.41) is 0. The first-order valence-electron chi connectivity index (χ1n) is 11.2. The van der Waals surface area contributed by atoms with E-state index in [1.807, 2.05) is 6.08 Å². The molecule has 28 heavy (non-hydrogen) atoms. The number of carbonyl (C=O) groups is 3. The molecular formula is C24H32O4. The Labute approximate surface area is 167 Å². The summed E-state index contributed by atoms with van der Waals surface area (Å²) in [4.78, 5) is 37.7. The third-order valence-electron chi connectivity index (χ3n) is 7.71. The van der Waals surface area contributed by atoms with E-state index in [1.54, 1.807) is 0 Å². The maximum absolute atomic E-state index is 12.7. The van der Waals surface area contributed by atoms with Gasteiger partial charge < -0.3 is 4.74 Å². The van der Waals surface area contributed by atoms with Crippen LogP contribution in [0.3, 0.4) is 0 Å². The second-order valence-corrected chi connectivity index (χ2v) is 9.17. The fourth-order valence-corrected chi connectivity index (χ4v) is 5.92. The number of rotatable bonds is 5. The van der Waals surface area contributed by atoms with Crippen molar-refractivity contribution in [1.29, 1.82) is 0 Å². The zero-order valence-corrected chi connectivity index (χ0v) is 16.9. The van der Waals surface area contributed by atoms with Crippen molar-refractivity contribution in [2.24, 2.45) is 35.5 Å². The molecule has 0 heterocycles. The summed E-state index contributed by atoms with van der Waals surface area (Å²) in [5.74, 6) is 1.47. The average molecular weight is 385 g/mol. The lowest BCUT2D eigenvalue weighted by Crippen LogP contribution is -2.27. The number of carbonyl (C=O) groups excluding carboxylic acids is 3. The van der Waals surface area contributed by atoms with Crippen molar-refractivity contribution in [2.45, 2.75) is 64.7 Å². The maximum atomic E-state index is 12.7. The summed E-state index contributed by atoms with van der Waals surface area (Å²) in [6.45, 7) is 2.11. The molecule has 4 nitrogen and oxygen atoms in total. The van der Waals surface area contributed by atoms with Gasteiger partial charge in [-0.15, -0.1) is 0 Å². The second-order valence-electron chi connectivity index (χ2n) is 9.17. The Morgan fingerprint density at radius 1 is 1.04 bits per heavy atom. The quantitative estimate of drug-likeness (QED) is 0.520. The van der Waals surface area contributed by atoms with Gasteiger partial charge in [0, 0.05) is 23.3 Å². The van der Waals surface area contributed by atoms with Gasteiger partial charge in [0.15, 0.2) is 12.4 Å². The second kappa shape index (κ2) is 8.34. The predicted octanol–water partition coefficient (Wildman–Crippen LogP) is 4.43. The largest absolute Gasteiger partial charge is 0.454 e. The first-order valence-corrected chi connectivity index (χ1v) is 11.2. The minimum atomic E-state index is -0.357. The molecule has 0 aliphatic heterocycles. The van der Waals surface area contributed by atoms with E-state index in [2.05, 4.69) is 19.1 Å². The molecule has 4 aliphatic carbocycles. The molecule has 2 saturated carbocycles. The third-order valence-corrected chi connectivity index (χ3v) is 7.71. The Hall–Kier alpha value is -1.71. The van der Waals surface area contributed by atoms with Crippen molar-refractivity contribution in [3.8, 4) is 0 Å². The summed E-state index contributed by atoms with van der Waals surface area (Å²) in [5.41, 5.74) is 0.663. The number of hydrogen-bond donors (Lipinski definition) is 0. The molecule has 4 aliphatic rings. The summed E-state index contributed by atoms with van der Waals surface area (Å²) in [6, 6.07) is 0. The van der Waals surface area contributed by atoms with Crippen molar-refractivity contribution in [2.75, 3.05) is 6.61 Å². The van der Waals surface area contributed by atoms with Crippen LogP contribution in [0.25, 0.3) is 0 Å². The van der Waals surface area contributed by atoms with Gasteiger partial charge in [0.25, 0.3) is 0 Å². The molecule has 4 rings (SSSR count). The first-order chi connectivity index (χ1) is 13.6. The Kier molecular flexibility index (Phi) is 5.84. The van der Waals surface area contributed by atoms with Crippen molar-refractivity contribution < 1.29 is 19.1 Å². The molecule has 0 saturated heterocycles. The van der Waals surface area contributed by atoms with Gasteiger partial charge in [-0.2, -0.15) is 0 Å². The van der Waals surface area contributed by atoms with Gasteiger partial charge in [-0.05, 0) is 69.1 Å². The number of Topliss-reactive ketones (excluding diaryl/α,β-unsaturated/α-hetero) is 2. The van der Waals surface area contributed by atoms with E-state index in [0.717, 1.165) is 50.9 Å². The van der Waals surface area contributed by atoms with Crippen LogP contribution in [0.15, 0.2) is 23.8 Å². The van der Waals surface area contributed by atoms with Crippen LogP contribution in [0.2, 0.25) is 0 Å². The molecule has 0 aromatic heterocycles. The predicted molar refractivity (Wildman–Crippen MR) is 106 cm³/mol. The van der Waals surface area contributed by atoms with Crippen LogP contribution >= 0.6 is 0 Å². The van der Waals surface area contributed by atoms with E-state index < -0.39 is 0 Å². The van der Waals surface area contributed by atoms with Gasteiger partial charge in [0.1, 0.15) is 5.78 Å². The molecule has 0 aromatic rings. The Morgan fingerprint density at radius 2 is 1.79 bits per heavy atom. The molecule has 0 amide bonds. The molecule has 0 spiro atoms. The van der Waals surface area contributed by atoms with E-state index >= 15 is 0 Å². The van der Waals surface area contributed by atoms with E-state index in [0.29, 0.717) is 17.8 Å². The number of ketones is 2. The van der Waals surface area contributed by atoms with Crippen LogP contribution in [0, 0.1) is 35.5 Å². The SMILES string of the molecule is CCC1CCC(C(=O)COC(=O)C2=CC3C(CC2)C(=O)C2CCC=CC23)CC1. The smallest absolute Gasteiger partial charge is 0.334 e. The Morgan fingerprint density at radius 3 is 2.54 bits per heavy atom. The molecule has 0 N–H and O–H groups in total. The normalized spacial score (nSPS) is 37.0. The average Bonchev–Trinajstić information content (AvgIpc) is 3.04. The fourth-order valence-electron chi connectivity index (χ4n) is 5.92. The number of ether oxygens (including phenoxy) is 1. The summed E-state index contributed by atoms with van der Waals surface area (Å²) < 4.78 is 5.40. The molecule has 152 valence electrons. The molecule has 4 unspecified atom stereocenters. The molecule has 0 radical (unpaired) electrons. The molecule has 0 aromatic carbocycles. The van der Waals surface area contributed by atoms with Crippen molar-refractivity contribution in [1.82, 2.24) is 0 Å². The fraction of sp³-hybridized carbons (Fsp3) is 0.708. The number of allylic oxidation sites excluding steroid dienone is 3. The van der Waals surface area contributed by atoms with Crippen molar-refractivity contribution in [3.05, 3.63) is 23.8 Å². The summed E-state index contributed by atoms with van der Waals surface area (Å²) >= 11 is 0. The highest BCUT2D eigenvalue weighted by molar-refractivity contribution is 5.93. The molecule has 4 atom stereocenters. The van der Waals surface area contributed by atoms with E-state index in [-0.39, 0.29) is 47.9 Å². The van der Waals surface area contributed by atoms with Crippen LogP contribution in [-0.4, -0.2) is 24.1 Å². The highest BCUT2D eigenvalue weighted by atomic mass is 16.5. The molecular weight excluding hydrogens is 352 g/mol. The first kappa shape index (κ1) is 19.6. The Balaban J connectivity index is 1.33. The van der Waals surface area contributed by atoms with E-state index in [1.165, 1.54) is 6.42 Å². The zero-order valence-electron chi connectivity index (χ0n) is 16.9. The number of esters is 1. The monoisotopic (exact) mass is 384 g/mol. The van der Waals surface area contributed by atoms with Crippen LogP contribution < -0.4 is 0 Å². The van der Waals surface area contributed by atoms with Crippen LogP contribution in [0.1, 0.15) is 64.7 Å². The summed E-state index contributed by atoms with van der Waals surface area (Å²) in [7, 11) is 0. The zero-order chi connectivity index (χ0) is 19.7. The lowest BCUT2D eigenvalue weighted by atomic mass is 9.77. The van der Waals surface area contributed by atoms with Gasteiger partial charge in [0.05, 0.1) is 0 Å². The van der Waals surface area contributed by atoms with Gasteiger partial charge in [-0.1, -0.05) is 31.6 Å². The lowest BCUT2D eigenvalue weighted by Gasteiger charge is -2.27. The van der Waals surface area contributed by atoms with Crippen LogP contribution in [-0.2, 0) is 19.1 Å². The van der Waals surface area contributed by atoms with Crippen LogP contribution in [0.4, 0.5) is 0 Å². The third kappa shape index (κ3) is 3.75. The molecule has 2 fully saturated rings. The minimum absolute atomic E-state index is 0.0564. The minimum Gasteiger partial charge on any atom is -0.454 e. The van der Waals surface area contributed by atoms with Crippen molar-refractivity contribution >= 4 is 17.5 Å². The molecule has 0 bridgehead atoms. The number of fused-ring (bicyclic) bond motifs is 3. The Bertz CT molecular complexity index is 695. The van der Waals surface area contributed by atoms with Gasteiger partial charge in [-0.3, -0.25) is 9.59 Å². The lowest BCUT2D eigenvalue weighted by molar-refractivity contribution is -0.146. The topological polar surface area (TPSA) is 60.4 Å². The van der Waals surface area contributed by atoms with E-state index in [9.17, 15) is 14.4 Å². The summed E-state index contributed by atoms with van der Waals surface area (Å²) in [6.07, 6.45) is 14.8. The van der Waals surface area contributed by atoms with Gasteiger partial charge >= 0.3 is 5.97 Å².